The number of carbonyl (C=O) groups excluding carboxylic acids is 3. The highest BCUT2D eigenvalue weighted by Crippen LogP contribution is 2.46. The summed E-state index contributed by atoms with van der Waals surface area (Å²) in [6.07, 6.45) is 22.1. The van der Waals surface area contributed by atoms with Crippen molar-refractivity contribution in [3.05, 3.63) is 112 Å². The predicted octanol–water partition coefficient (Wildman–Crippen LogP) is 7.18. The minimum atomic E-state index is -1.35. The maximum Gasteiger partial charge on any atom is 0.343 e. The number of aliphatic hydroxyl groups is 2. The zero-order chi connectivity index (χ0) is 34.5. The van der Waals surface area contributed by atoms with Gasteiger partial charge in [0.1, 0.15) is 17.5 Å². The molecule has 46 heavy (non-hydrogen) atoms. The second-order valence-corrected chi connectivity index (χ2v) is 14.0. The Morgan fingerprint density at radius 1 is 0.957 bits per heavy atom. The Morgan fingerprint density at radius 3 is 2.17 bits per heavy atom. The first kappa shape index (κ1) is 36.4. The molecular formula is C39H48O7. The number of allylic oxidation sites excluding steroid dienone is 11. The van der Waals surface area contributed by atoms with E-state index in [1.807, 2.05) is 84.1 Å². The second kappa shape index (κ2) is 14.2. The van der Waals surface area contributed by atoms with Crippen LogP contribution in [0.15, 0.2) is 112 Å². The molecule has 3 unspecified atom stereocenters. The summed E-state index contributed by atoms with van der Waals surface area (Å²) in [6.45, 7) is 16.4. The monoisotopic (exact) mass is 628 g/mol. The van der Waals surface area contributed by atoms with Crippen molar-refractivity contribution in [3.8, 4) is 0 Å². The molecule has 1 aliphatic heterocycles. The molecule has 2 N–H and O–H groups in total. The van der Waals surface area contributed by atoms with Crippen molar-refractivity contribution < 1.29 is 34.1 Å². The smallest absolute Gasteiger partial charge is 0.343 e. The van der Waals surface area contributed by atoms with Crippen molar-refractivity contribution in [2.45, 2.75) is 98.9 Å². The van der Waals surface area contributed by atoms with E-state index in [1.54, 1.807) is 38.2 Å². The van der Waals surface area contributed by atoms with Crippen LogP contribution in [0.25, 0.3) is 0 Å². The van der Waals surface area contributed by atoms with Gasteiger partial charge in [-0.3, -0.25) is 9.59 Å². The number of cyclic esters (lactones) is 1. The third-order valence-electron chi connectivity index (χ3n) is 8.65. The lowest BCUT2D eigenvalue weighted by Gasteiger charge is -2.44. The zero-order valence-electron chi connectivity index (χ0n) is 28.6. The molecule has 0 aromatic carbocycles. The van der Waals surface area contributed by atoms with E-state index in [4.69, 9.17) is 9.47 Å². The van der Waals surface area contributed by atoms with Crippen molar-refractivity contribution in [1.29, 1.82) is 0 Å². The van der Waals surface area contributed by atoms with E-state index >= 15 is 0 Å². The van der Waals surface area contributed by atoms with Gasteiger partial charge in [-0.25, -0.2) is 4.79 Å². The van der Waals surface area contributed by atoms with Crippen LogP contribution in [0.5, 0.6) is 0 Å². The normalized spacial score (nSPS) is 29.3. The minimum Gasteiger partial charge on any atom is -0.462 e. The van der Waals surface area contributed by atoms with Gasteiger partial charge in [-0.2, -0.15) is 0 Å². The molecule has 1 saturated carbocycles. The molecular weight excluding hydrogens is 580 g/mol. The summed E-state index contributed by atoms with van der Waals surface area (Å²) < 4.78 is 10.8. The van der Waals surface area contributed by atoms with Gasteiger partial charge in [-0.05, 0) is 92.7 Å². The molecule has 0 saturated heterocycles. The molecule has 0 bridgehead atoms. The second-order valence-electron chi connectivity index (χ2n) is 14.0. The molecule has 7 nitrogen and oxygen atoms in total. The van der Waals surface area contributed by atoms with E-state index in [0.29, 0.717) is 29.7 Å². The number of hydrogen-bond donors (Lipinski definition) is 2. The molecule has 246 valence electrons. The van der Waals surface area contributed by atoms with Crippen LogP contribution in [-0.2, 0) is 23.9 Å². The maximum atomic E-state index is 12.5. The minimum absolute atomic E-state index is 0.0255. The quantitative estimate of drug-likeness (QED) is 0.167. The van der Waals surface area contributed by atoms with E-state index in [2.05, 4.69) is 5.73 Å². The molecule has 1 heterocycles. The number of esters is 2. The third-order valence-corrected chi connectivity index (χ3v) is 8.65. The summed E-state index contributed by atoms with van der Waals surface area (Å²) in [5.74, 6) is -0.465. The van der Waals surface area contributed by atoms with Crippen LogP contribution in [0.2, 0.25) is 0 Å². The van der Waals surface area contributed by atoms with Gasteiger partial charge in [0.05, 0.1) is 11.2 Å². The standard InChI is InChI=1S/C39H48O7/c1-26(16-17-34-36(5,6)24-33(45-29(4)40)25-38(34,9)43)14-12-10-11-13-15-27(2)20-32-22-30(35(42)46-32)18-19-39(44)28(3)21-31(41)23-37(39,7)8/h10-16,18-22,33,43-44H,23-25H2,1-9H3/b12-10+,13-11+,19-18+,26-14+,27-15+,32-20-. The first-order valence-corrected chi connectivity index (χ1v) is 15.6. The molecule has 0 spiro atoms. The van der Waals surface area contributed by atoms with Crippen molar-refractivity contribution in [2.75, 3.05) is 0 Å². The van der Waals surface area contributed by atoms with Crippen LogP contribution < -0.4 is 0 Å². The van der Waals surface area contributed by atoms with E-state index in [-0.39, 0.29) is 29.7 Å². The fourth-order valence-corrected chi connectivity index (χ4v) is 6.41. The topological polar surface area (TPSA) is 110 Å². The van der Waals surface area contributed by atoms with E-state index in [0.717, 1.165) is 16.7 Å². The highest BCUT2D eigenvalue weighted by molar-refractivity contribution is 5.96. The Labute approximate surface area is 273 Å². The van der Waals surface area contributed by atoms with Gasteiger partial charge in [0, 0.05) is 30.8 Å². The zero-order valence-corrected chi connectivity index (χ0v) is 28.6. The summed E-state index contributed by atoms with van der Waals surface area (Å²) in [7, 11) is 0. The van der Waals surface area contributed by atoms with Crippen molar-refractivity contribution in [2.24, 2.45) is 10.8 Å². The van der Waals surface area contributed by atoms with E-state index in [1.165, 1.54) is 13.0 Å². The molecule has 0 radical (unpaired) electrons. The lowest BCUT2D eigenvalue weighted by atomic mass is 9.64. The largest absolute Gasteiger partial charge is 0.462 e. The Bertz CT molecular complexity index is 1550. The predicted molar refractivity (Wildman–Crippen MR) is 180 cm³/mol. The molecule has 1 fully saturated rings. The number of hydrogen-bond acceptors (Lipinski definition) is 7. The number of ether oxygens (including phenoxy) is 2. The van der Waals surface area contributed by atoms with Gasteiger partial charge in [-0.15, -0.1) is 5.73 Å². The number of carbonyl (C=O) groups is 3. The summed E-state index contributed by atoms with van der Waals surface area (Å²) in [6, 6.07) is 0. The maximum absolute atomic E-state index is 12.5. The highest BCUT2D eigenvalue weighted by atomic mass is 16.5. The van der Waals surface area contributed by atoms with Crippen LogP contribution in [-0.4, -0.2) is 45.2 Å². The third kappa shape index (κ3) is 9.03. The van der Waals surface area contributed by atoms with Gasteiger partial charge < -0.3 is 19.7 Å². The molecule has 7 heteroatoms. The number of rotatable bonds is 8. The lowest BCUT2D eigenvalue weighted by molar-refractivity contribution is -0.152. The SMILES string of the molecule is CC(=O)OC1CC(C)(C)C(=C=C/C(C)=C/C=C/C=C/C=C(C)/C=C2C=C(/C=C/C3(O)C(C)=CC(=O)CC3(C)C)C(=O)O/2)C(C)(O)C1. The highest BCUT2D eigenvalue weighted by Gasteiger charge is 2.47. The van der Waals surface area contributed by atoms with Crippen LogP contribution in [0, 0.1) is 10.8 Å². The van der Waals surface area contributed by atoms with E-state index < -0.39 is 22.6 Å². The Hall–Kier alpha value is -4.03. The van der Waals surface area contributed by atoms with Crippen LogP contribution in [0.1, 0.15) is 81.6 Å². The Balaban J connectivity index is 1.64. The van der Waals surface area contributed by atoms with Crippen LogP contribution in [0.3, 0.4) is 0 Å². The summed E-state index contributed by atoms with van der Waals surface area (Å²) >= 11 is 0. The molecule has 3 atom stereocenters. The van der Waals surface area contributed by atoms with Gasteiger partial charge in [0.15, 0.2) is 5.78 Å². The molecule has 0 aromatic heterocycles. The van der Waals surface area contributed by atoms with Gasteiger partial charge in [0.25, 0.3) is 0 Å². The number of ketones is 1. The van der Waals surface area contributed by atoms with Crippen LogP contribution in [0.4, 0.5) is 0 Å². The average molecular weight is 629 g/mol. The first-order valence-electron chi connectivity index (χ1n) is 15.6. The average Bonchev–Trinajstić information content (AvgIpc) is 3.24. The van der Waals surface area contributed by atoms with Crippen LogP contribution >= 0.6 is 0 Å². The van der Waals surface area contributed by atoms with Crippen molar-refractivity contribution in [1.82, 2.24) is 0 Å². The lowest BCUT2D eigenvalue weighted by Crippen LogP contribution is -2.48. The van der Waals surface area contributed by atoms with Crippen molar-refractivity contribution >= 4 is 17.7 Å². The fourth-order valence-electron chi connectivity index (χ4n) is 6.41. The summed E-state index contributed by atoms with van der Waals surface area (Å²) in [5, 5.41) is 22.4. The fraction of sp³-hybridized carbons (Fsp3) is 0.436. The summed E-state index contributed by atoms with van der Waals surface area (Å²) in [5.41, 5.74) is 3.22. The molecule has 3 aliphatic rings. The van der Waals surface area contributed by atoms with Crippen molar-refractivity contribution in [3.63, 3.8) is 0 Å². The molecule has 2 aliphatic carbocycles. The van der Waals surface area contributed by atoms with E-state index in [9.17, 15) is 24.6 Å². The molecule has 0 amide bonds. The molecule has 3 rings (SSSR count). The Morgan fingerprint density at radius 2 is 1.59 bits per heavy atom. The summed E-state index contributed by atoms with van der Waals surface area (Å²) in [4.78, 5) is 35.9. The Kier molecular flexibility index (Phi) is 11.2. The van der Waals surface area contributed by atoms with Gasteiger partial charge in [-0.1, -0.05) is 64.2 Å². The van der Waals surface area contributed by atoms with Gasteiger partial charge in [0.2, 0.25) is 0 Å². The first-order chi connectivity index (χ1) is 21.3. The molecule has 0 aromatic rings. The van der Waals surface area contributed by atoms with Gasteiger partial charge >= 0.3 is 11.9 Å².